The highest BCUT2D eigenvalue weighted by Gasteiger charge is 2.47. The summed E-state index contributed by atoms with van der Waals surface area (Å²) in [5, 5.41) is 4.51. The van der Waals surface area contributed by atoms with E-state index in [4.69, 9.17) is 14.4 Å². The maximum absolute atomic E-state index is 6.44. The van der Waals surface area contributed by atoms with Crippen LogP contribution in [0.25, 0.3) is 88.9 Å². The van der Waals surface area contributed by atoms with E-state index in [-0.39, 0.29) is 0 Å². The Labute approximate surface area is 347 Å². The smallest absolute Gasteiger partial charge is 0.161 e. The second-order valence-electron chi connectivity index (χ2n) is 15.6. The molecule has 2 aromatic heterocycles. The Kier molecular flexibility index (Phi) is 7.76. The van der Waals surface area contributed by atoms with Crippen LogP contribution in [0.15, 0.2) is 223 Å². The van der Waals surface area contributed by atoms with Crippen molar-refractivity contribution in [2.24, 2.45) is 0 Å². The third-order valence-electron chi connectivity index (χ3n) is 12.4. The van der Waals surface area contributed by atoms with Gasteiger partial charge in [-0.2, -0.15) is 0 Å². The third kappa shape index (κ3) is 5.16. The van der Waals surface area contributed by atoms with Gasteiger partial charge in [-0.25, -0.2) is 9.97 Å². The van der Waals surface area contributed by atoms with Crippen molar-refractivity contribution in [1.82, 2.24) is 9.97 Å². The summed E-state index contributed by atoms with van der Waals surface area (Å²) in [4.78, 5) is 10.9. The largest absolute Gasteiger partial charge is 0.455 e. The fraction of sp³-hybridized carbons (Fsp3) is 0.0175. The summed E-state index contributed by atoms with van der Waals surface area (Å²) in [6.07, 6.45) is 0. The summed E-state index contributed by atoms with van der Waals surface area (Å²) >= 11 is 0. The molecule has 0 spiro atoms. The van der Waals surface area contributed by atoms with Crippen LogP contribution in [0, 0.1) is 0 Å². The Bertz CT molecular complexity index is 3380. The molecule has 60 heavy (non-hydrogen) atoms. The minimum atomic E-state index is -0.588. The predicted molar refractivity (Wildman–Crippen MR) is 246 cm³/mol. The Balaban J connectivity index is 1.10. The Morgan fingerprint density at radius 3 is 1.73 bits per heavy atom. The van der Waals surface area contributed by atoms with E-state index < -0.39 is 5.41 Å². The molecule has 0 saturated carbocycles. The summed E-state index contributed by atoms with van der Waals surface area (Å²) in [5.41, 5.74) is 15.5. The Morgan fingerprint density at radius 2 is 0.917 bits per heavy atom. The van der Waals surface area contributed by atoms with E-state index in [1.807, 2.05) is 12.1 Å². The molecular weight excluding hydrogens is 729 g/mol. The molecule has 0 N–H and O–H groups in total. The van der Waals surface area contributed by atoms with Crippen molar-refractivity contribution < 1.29 is 4.42 Å². The molecule has 0 fully saturated rings. The number of hydrogen-bond donors (Lipinski definition) is 0. The van der Waals surface area contributed by atoms with Gasteiger partial charge >= 0.3 is 0 Å². The number of rotatable bonds is 6. The summed E-state index contributed by atoms with van der Waals surface area (Å²) < 4.78 is 6.44. The number of benzene rings is 9. The summed E-state index contributed by atoms with van der Waals surface area (Å²) in [6.45, 7) is 0. The zero-order valence-corrected chi connectivity index (χ0v) is 32.6. The van der Waals surface area contributed by atoms with Gasteiger partial charge in [0, 0.05) is 33.0 Å². The van der Waals surface area contributed by atoms with Crippen LogP contribution >= 0.6 is 0 Å². The molecular formula is C57H36N2O. The quantitative estimate of drug-likeness (QED) is 0.169. The van der Waals surface area contributed by atoms with Crippen LogP contribution in [0.5, 0.6) is 0 Å². The minimum Gasteiger partial charge on any atom is -0.455 e. The lowest BCUT2D eigenvalue weighted by Gasteiger charge is -2.35. The van der Waals surface area contributed by atoms with Crippen LogP contribution in [0.2, 0.25) is 0 Å². The topological polar surface area (TPSA) is 38.9 Å². The molecule has 0 saturated heterocycles. The molecule has 3 nitrogen and oxygen atoms in total. The number of hydrogen-bond acceptors (Lipinski definition) is 3. The lowest BCUT2D eigenvalue weighted by atomic mass is 9.66. The monoisotopic (exact) mass is 764 g/mol. The molecule has 12 rings (SSSR count). The molecule has 1 aliphatic rings. The lowest BCUT2D eigenvalue weighted by Crippen LogP contribution is -2.29. The van der Waals surface area contributed by atoms with Gasteiger partial charge in [0.05, 0.1) is 16.8 Å². The van der Waals surface area contributed by atoms with Crippen molar-refractivity contribution in [3.05, 3.63) is 241 Å². The molecule has 0 radical (unpaired) electrons. The molecule has 9 aromatic carbocycles. The lowest BCUT2D eigenvalue weighted by molar-refractivity contribution is 0.670. The van der Waals surface area contributed by atoms with Crippen molar-refractivity contribution in [3.8, 4) is 56.2 Å². The van der Waals surface area contributed by atoms with E-state index in [0.29, 0.717) is 5.82 Å². The third-order valence-corrected chi connectivity index (χ3v) is 12.4. The van der Waals surface area contributed by atoms with Gasteiger partial charge in [-0.1, -0.05) is 206 Å². The first-order chi connectivity index (χ1) is 29.8. The van der Waals surface area contributed by atoms with Gasteiger partial charge in [0.25, 0.3) is 0 Å². The van der Waals surface area contributed by atoms with Gasteiger partial charge in [0.1, 0.15) is 11.2 Å². The van der Waals surface area contributed by atoms with Crippen LogP contribution in [0.1, 0.15) is 22.3 Å². The second kappa shape index (κ2) is 13.6. The number of nitrogens with zero attached hydrogens (tertiary/aromatic N) is 2. The SMILES string of the molecule is c1ccc(C2(c3ccccc3)c3ccccc3-c3cccc(-c4cc(-c5ccc(-c6cccc7c6oc6ccccc67)cc5)nc(-c5cccc6ccccc56)n4)c32)cc1. The van der Waals surface area contributed by atoms with E-state index >= 15 is 0 Å². The molecule has 3 heteroatoms. The van der Waals surface area contributed by atoms with Gasteiger partial charge in [-0.15, -0.1) is 0 Å². The molecule has 0 unspecified atom stereocenters. The van der Waals surface area contributed by atoms with Crippen molar-refractivity contribution in [2.75, 3.05) is 0 Å². The fourth-order valence-electron chi connectivity index (χ4n) is 9.79. The van der Waals surface area contributed by atoms with Crippen LogP contribution in [-0.2, 0) is 5.41 Å². The van der Waals surface area contributed by atoms with E-state index in [0.717, 1.165) is 71.9 Å². The van der Waals surface area contributed by atoms with Gasteiger partial charge in [-0.3, -0.25) is 0 Å². The van der Waals surface area contributed by atoms with Crippen molar-refractivity contribution in [3.63, 3.8) is 0 Å². The molecule has 0 aliphatic heterocycles. The maximum Gasteiger partial charge on any atom is 0.161 e. The predicted octanol–water partition coefficient (Wildman–Crippen LogP) is 14.6. The van der Waals surface area contributed by atoms with Crippen LogP contribution in [0.3, 0.4) is 0 Å². The number of para-hydroxylation sites is 2. The first kappa shape index (κ1) is 34.2. The second-order valence-corrected chi connectivity index (χ2v) is 15.6. The highest BCUT2D eigenvalue weighted by Crippen LogP contribution is 2.58. The molecule has 0 amide bonds. The van der Waals surface area contributed by atoms with E-state index in [1.54, 1.807) is 0 Å². The number of furan rings is 1. The van der Waals surface area contributed by atoms with Crippen LogP contribution < -0.4 is 0 Å². The standard InChI is InChI=1S/C57H36N2O/c1-3-18-40(19-4-1)57(41-20-5-2-6-21-41)50-30-11-9-23-44(50)46-26-15-29-49(54(46)57)52-36-51(58-56(59-52)48-28-13-17-37-16-7-8-22-42(37)48)39-34-32-38(33-35-39)43-25-14-27-47-45-24-10-12-31-53(45)60-55(43)47/h1-36H. The van der Waals surface area contributed by atoms with E-state index in [2.05, 4.69) is 206 Å². The van der Waals surface area contributed by atoms with Crippen LogP contribution in [-0.4, -0.2) is 9.97 Å². The average molecular weight is 765 g/mol. The molecule has 1 aliphatic carbocycles. The van der Waals surface area contributed by atoms with Gasteiger partial charge in [-0.05, 0) is 61.8 Å². The normalized spacial score (nSPS) is 12.8. The molecule has 11 aromatic rings. The Hall–Kier alpha value is -7.88. The fourth-order valence-corrected chi connectivity index (χ4v) is 9.79. The number of aromatic nitrogens is 2. The van der Waals surface area contributed by atoms with Crippen LogP contribution in [0.4, 0.5) is 0 Å². The van der Waals surface area contributed by atoms with E-state index in [9.17, 15) is 0 Å². The first-order valence-electron chi connectivity index (χ1n) is 20.5. The zero-order valence-electron chi connectivity index (χ0n) is 32.6. The molecule has 2 heterocycles. The van der Waals surface area contributed by atoms with Crippen molar-refractivity contribution in [2.45, 2.75) is 5.41 Å². The van der Waals surface area contributed by atoms with Gasteiger partial charge < -0.3 is 4.42 Å². The van der Waals surface area contributed by atoms with Crippen molar-refractivity contribution >= 4 is 32.7 Å². The highest BCUT2D eigenvalue weighted by atomic mass is 16.3. The summed E-state index contributed by atoms with van der Waals surface area (Å²) in [7, 11) is 0. The van der Waals surface area contributed by atoms with Gasteiger partial charge in [0.2, 0.25) is 0 Å². The Morgan fingerprint density at radius 1 is 0.367 bits per heavy atom. The van der Waals surface area contributed by atoms with Gasteiger partial charge in [0.15, 0.2) is 5.82 Å². The summed E-state index contributed by atoms with van der Waals surface area (Å²) in [5.74, 6) is 0.688. The van der Waals surface area contributed by atoms with E-state index in [1.165, 1.54) is 33.4 Å². The average Bonchev–Trinajstić information content (AvgIpc) is 3.86. The summed E-state index contributed by atoms with van der Waals surface area (Å²) in [6, 6.07) is 78.0. The minimum absolute atomic E-state index is 0.588. The molecule has 280 valence electrons. The molecule has 0 bridgehead atoms. The zero-order chi connectivity index (χ0) is 39.6. The molecule has 0 atom stereocenters. The van der Waals surface area contributed by atoms with Crippen molar-refractivity contribution in [1.29, 1.82) is 0 Å². The number of fused-ring (bicyclic) bond motifs is 7. The highest BCUT2D eigenvalue weighted by molar-refractivity contribution is 6.09. The maximum atomic E-state index is 6.44. The first-order valence-corrected chi connectivity index (χ1v) is 20.5.